The standard InChI is InChI=1S/C26H40O3.C25H38O3.C24H36O5.C23H34O5.C2H3N.2CH4O.CH2O.HO2P/c1-5-6-7-9-18(2)12-13-22-19(3)14-21-16-24-20(15-23(21)22)10-8-11-25(24)29-17-26(27)28-4;1-4-5-6-8-17(2)11-12-21-18(3)13-20-15-23-19(14-22(20)21)9-7-10-24(23)28-16-25(26)27;1-3-4-5-8-18(25)10-11-19-20-12-16-7-6-9-23(29-15-24(27)28-2)21(16)13-17(20)14-22(19)26;1-2-3-4-7-17(24)9-10-18-19-11-15-6-5-8-22(28-14-23(26)27)20(15)12-16(19)13-21(18)25;1-2-3;3*1-2;1-3-2/h8,10-11,18-19,21-23H,5-7,9,12-17H2,1-4H3;7,9-10,17-18,20-22H,4-6,8,11-16H2,1-3H3,(H,26,27);6-7,9,17-20,22,25-26H,3-5,8,10-15H2,1-2H3;5-6,8,16-19,21,24-25H,2-4,7,9-14H2,1H3,(H,26,27);1H3;2*2H,1H3;1H2;(H,1,2)/t18-,19+,21+,22-,23-;17-,18+,20+,21-,22-;17-,18-,19+,20-,22+;16-,17-,18+,19-,21+;;;;;/m0000...../s1. The van der Waals surface area contributed by atoms with Crippen LogP contribution in [-0.4, -0.2) is 156 Å². The zero-order valence-electron chi connectivity index (χ0n) is 78.8. The first kappa shape index (κ1) is 111. The molecule has 4 fully saturated rings. The lowest BCUT2D eigenvalue weighted by atomic mass is 9.73. The number of methoxy groups -OCH3 is 2. The highest BCUT2D eigenvalue weighted by atomic mass is 31.1. The second-order valence-electron chi connectivity index (χ2n) is 36.8. The average molecular weight is 1780 g/mol. The molecular weight excluding hydrogens is 1620 g/mol. The Bertz CT molecular complexity index is 3550. The summed E-state index contributed by atoms with van der Waals surface area (Å²) in [7, 11) is 3.93. The van der Waals surface area contributed by atoms with Crippen LogP contribution < -0.4 is 18.9 Å². The highest BCUT2D eigenvalue weighted by Gasteiger charge is 2.49. The Hall–Kier alpha value is -7.06. The first-order valence-corrected chi connectivity index (χ1v) is 48.3. The predicted molar refractivity (Wildman–Crippen MR) is 496 cm³/mol. The number of nitrogens with zero attached hydrogens (tertiary/aromatic N) is 1. The van der Waals surface area contributed by atoms with Gasteiger partial charge in [-0.15, -0.1) is 0 Å². The van der Waals surface area contributed by atoms with E-state index >= 15 is 0 Å². The van der Waals surface area contributed by atoms with Crippen molar-refractivity contribution in [2.75, 3.05) is 54.9 Å². The highest BCUT2D eigenvalue weighted by Crippen LogP contribution is 2.55. The summed E-state index contributed by atoms with van der Waals surface area (Å²) in [5.74, 6) is 10.9. The second-order valence-corrected chi connectivity index (χ2v) is 37.0. The monoisotopic (exact) mass is 1780 g/mol. The smallest absolute Gasteiger partial charge is 0.343 e. The number of esters is 2. The molecule has 710 valence electrons. The molecule has 4 aromatic carbocycles. The molecule has 0 amide bonds. The number of aliphatic carboxylic acids is 2. The Morgan fingerprint density at radius 1 is 0.429 bits per heavy atom. The number of rotatable bonds is 40. The van der Waals surface area contributed by atoms with Crippen LogP contribution >= 0.6 is 8.69 Å². The van der Waals surface area contributed by atoms with Gasteiger partial charge in [0.25, 0.3) is 0 Å². The maximum Gasteiger partial charge on any atom is 0.343 e. The Morgan fingerprint density at radius 3 is 0.952 bits per heavy atom. The van der Waals surface area contributed by atoms with Crippen LogP contribution in [0, 0.1) is 106 Å². The number of benzene rings is 4. The van der Waals surface area contributed by atoms with Crippen LogP contribution in [0.5, 0.6) is 23.0 Å². The van der Waals surface area contributed by atoms with Crippen molar-refractivity contribution in [1.82, 2.24) is 0 Å². The zero-order chi connectivity index (χ0) is 93.2. The molecule has 9 N–H and O–H groups in total. The first-order valence-electron chi connectivity index (χ1n) is 47.6. The topological polar surface area (TPSA) is 364 Å². The molecule has 126 heavy (non-hydrogen) atoms. The molecule has 22 nitrogen and oxygen atoms in total. The van der Waals surface area contributed by atoms with Gasteiger partial charge >= 0.3 is 32.6 Å². The summed E-state index contributed by atoms with van der Waals surface area (Å²) in [6.45, 7) is 21.5. The van der Waals surface area contributed by atoms with E-state index in [2.05, 4.69) is 90.5 Å². The van der Waals surface area contributed by atoms with Crippen LogP contribution in [-0.2, 0) is 89.4 Å². The Kier molecular flexibility index (Phi) is 55.0. The lowest BCUT2D eigenvalue weighted by Crippen LogP contribution is -2.28. The van der Waals surface area contributed by atoms with Crippen LogP contribution in [0.25, 0.3) is 0 Å². The summed E-state index contributed by atoms with van der Waals surface area (Å²) in [6.07, 6.45) is 39.5. The quantitative estimate of drug-likeness (QED) is 0.0113. The third-order valence-electron chi connectivity index (χ3n) is 28.5. The molecule has 23 heteroatoms. The van der Waals surface area contributed by atoms with E-state index in [0.717, 1.165) is 218 Å². The maximum atomic E-state index is 11.5. The number of carboxylic acids is 2. The van der Waals surface area contributed by atoms with E-state index in [4.69, 9.17) is 63.6 Å². The van der Waals surface area contributed by atoms with Gasteiger partial charge < -0.3 is 79.0 Å². The number of hydrogen-bond donors (Lipinski definition) is 9. The van der Waals surface area contributed by atoms with Gasteiger partial charge in [-0.3, -0.25) is 0 Å². The molecule has 8 aliphatic carbocycles. The first-order chi connectivity index (χ1) is 60.9. The van der Waals surface area contributed by atoms with Crippen LogP contribution in [0.1, 0.15) is 287 Å². The number of fused-ring (bicyclic) bond motifs is 8. The zero-order valence-corrected chi connectivity index (χ0v) is 79.7. The van der Waals surface area contributed by atoms with Gasteiger partial charge in [-0.05, 0) is 292 Å². The van der Waals surface area contributed by atoms with Crippen molar-refractivity contribution in [3.05, 3.63) is 117 Å². The van der Waals surface area contributed by atoms with Gasteiger partial charge in [0.1, 0.15) is 29.8 Å². The second kappa shape index (κ2) is 62.3. The normalized spacial score (nSPS) is 24.6. The van der Waals surface area contributed by atoms with Gasteiger partial charge in [0.05, 0.1) is 44.7 Å². The van der Waals surface area contributed by atoms with E-state index in [-0.39, 0.29) is 74.6 Å². The molecule has 12 rings (SSSR count). The van der Waals surface area contributed by atoms with Crippen LogP contribution in [0.4, 0.5) is 0 Å². The fourth-order valence-corrected chi connectivity index (χ4v) is 22.3. The van der Waals surface area contributed by atoms with E-state index in [1.54, 1.807) is 6.07 Å². The summed E-state index contributed by atoms with van der Waals surface area (Å²) in [4.78, 5) is 59.6. The Balaban J connectivity index is 0.000000337. The fraction of sp³-hybridized carbons (Fsp3) is 0.709. The van der Waals surface area contributed by atoms with E-state index in [1.807, 2.05) is 49.3 Å². The van der Waals surface area contributed by atoms with Gasteiger partial charge in [0.2, 0.25) is 0 Å². The lowest BCUT2D eigenvalue weighted by Gasteiger charge is -2.33. The van der Waals surface area contributed by atoms with E-state index in [0.29, 0.717) is 29.4 Å². The molecule has 0 radical (unpaired) electrons. The van der Waals surface area contributed by atoms with Gasteiger partial charge in [0.15, 0.2) is 26.4 Å². The Labute approximate surface area is 757 Å². The van der Waals surface area contributed by atoms with Crippen molar-refractivity contribution in [3.8, 4) is 29.1 Å². The SMILES string of the molecule is C=O.CC#N.CCCCC[C@H](C)CC[C@@H]1[C@H]2Cc3cccc(OCC(=O)O)c3C[C@H]2C[C@H]1C.CCCCC[C@H](C)CC[C@@H]1[C@H]2Cc3cccc(OCC(=O)OC)c3C[C@H]2C[C@H]1C.CCCCC[C@H](O)CC[C@@H]1[C@H]2Cc3cccc(OCC(=O)O)c3C[C@H]2C[C@H]1O.CCCCC[C@H](O)CC[C@@H]1[C@H]2Cc3cccc(OCC(=O)OC)c3C[C@H]2C[C@H]1O.CO.CO.O=PO. The molecule has 0 aromatic heterocycles. The van der Waals surface area contributed by atoms with Crippen LogP contribution in [0.2, 0.25) is 0 Å². The largest absolute Gasteiger partial charge is 0.482 e. The molecule has 20 atom stereocenters. The molecule has 0 bridgehead atoms. The minimum atomic E-state index is -0.972. The van der Waals surface area contributed by atoms with Gasteiger partial charge in [-0.1, -0.05) is 207 Å². The minimum Gasteiger partial charge on any atom is -0.482 e. The molecule has 0 aliphatic heterocycles. The van der Waals surface area contributed by atoms with Crippen LogP contribution in [0.15, 0.2) is 72.8 Å². The van der Waals surface area contributed by atoms with E-state index < -0.39 is 20.6 Å². The number of hydrogen-bond acceptors (Lipinski definition) is 19. The van der Waals surface area contributed by atoms with Gasteiger partial charge in [0, 0.05) is 21.1 Å². The number of carbonyl (C=O) groups is 5. The molecule has 0 saturated heterocycles. The highest BCUT2D eigenvalue weighted by molar-refractivity contribution is 7.16. The van der Waals surface area contributed by atoms with Crippen molar-refractivity contribution >= 4 is 39.4 Å². The van der Waals surface area contributed by atoms with Gasteiger partial charge in [-0.2, -0.15) is 5.26 Å². The molecule has 0 spiro atoms. The summed E-state index contributed by atoms with van der Waals surface area (Å²) in [5, 5.41) is 81.1. The summed E-state index contributed by atoms with van der Waals surface area (Å²) < 4.78 is 40.5. The van der Waals surface area contributed by atoms with Crippen molar-refractivity contribution in [1.29, 1.82) is 5.26 Å². The number of carboxylic acid groups (broad SMARTS) is 2. The minimum absolute atomic E-state index is 0.00397. The number of ether oxygens (including phenoxy) is 6. The van der Waals surface area contributed by atoms with Crippen molar-refractivity contribution in [3.63, 3.8) is 0 Å². The number of nitriles is 1. The molecule has 0 heterocycles. The van der Waals surface area contributed by atoms with Crippen molar-refractivity contribution < 1.29 is 103 Å². The molecule has 4 aromatic rings. The molecular formula is C103H162NO21P. The number of aliphatic hydroxyl groups excluding tert-OH is 6. The van der Waals surface area contributed by atoms with E-state index in [9.17, 15) is 39.6 Å². The summed E-state index contributed by atoms with van der Waals surface area (Å²) >= 11 is 0. The summed E-state index contributed by atoms with van der Waals surface area (Å²) in [5.41, 5.74) is 10.2. The van der Waals surface area contributed by atoms with E-state index in [1.165, 1.54) is 169 Å². The third kappa shape index (κ3) is 36.0. The van der Waals surface area contributed by atoms with Crippen LogP contribution in [0.3, 0.4) is 0 Å². The number of aliphatic hydroxyl groups is 6. The Morgan fingerprint density at radius 2 is 0.683 bits per heavy atom. The molecule has 4 saturated carbocycles. The predicted octanol–water partition coefficient (Wildman–Crippen LogP) is 19.4. The average Bonchev–Trinajstić information content (AvgIpc) is 1.63. The van der Waals surface area contributed by atoms with Crippen molar-refractivity contribution in [2.24, 2.45) is 94.7 Å². The fourth-order valence-electron chi connectivity index (χ4n) is 22.3. The number of unbranched alkanes of at least 4 members (excludes halogenated alkanes) is 8. The maximum absolute atomic E-state index is 11.5. The van der Waals surface area contributed by atoms with Crippen molar-refractivity contribution in [2.45, 2.75) is 318 Å². The number of carbonyl (C=O) groups excluding carboxylic acids is 3. The molecule has 0 unspecified atom stereocenters. The third-order valence-corrected chi connectivity index (χ3v) is 28.5. The molecule has 8 aliphatic rings. The summed E-state index contributed by atoms with van der Waals surface area (Å²) in [6, 6.07) is 26.2. The lowest BCUT2D eigenvalue weighted by molar-refractivity contribution is -0.143. The van der Waals surface area contributed by atoms with Gasteiger partial charge in [-0.25, -0.2) is 23.7 Å².